The zero-order valence-corrected chi connectivity index (χ0v) is 18.5. The van der Waals surface area contributed by atoms with Gasteiger partial charge in [0, 0.05) is 24.3 Å². The third-order valence-electron chi connectivity index (χ3n) is 5.52. The number of carbonyl (C=O) groups excluding carboxylic acids is 1. The number of hydrogen-bond donors (Lipinski definition) is 0. The van der Waals surface area contributed by atoms with Gasteiger partial charge in [0.25, 0.3) is 0 Å². The average molecular weight is 421 g/mol. The fourth-order valence-electron chi connectivity index (χ4n) is 3.72. The van der Waals surface area contributed by atoms with Gasteiger partial charge in [-0.25, -0.2) is 0 Å². The second-order valence-corrected chi connectivity index (χ2v) is 8.87. The first kappa shape index (κ1) is 20.7. The maximum Gasteiger partial charge on any atom is 0.233 e. The summed E-state index contributed by atoms with van der Waals surface area (Å²) >= 11 is 1.47. The lowest BCUT2D eigenvalue weighted by atomic mass is 10.1. The first-order valence-electron chi connectivity index (χ1n) is 10.6. The van der Waals surface area contributed by atoms with Crippen molar-refractivity contribution in [3.8, 4) is 17.1 Å². The van der Waals surface area contributed by atoms with E-state index in [9.17, 15) is 4.79 Å². The second kappa shape index (κ2) is 9.47. The Bertz CT molecular complexity index is 987. The molecular formula is C24H28N4OS. The summed E-state index contributed by atoms with van der Waals surface area (Å²) < 4.78 is 2.06. The summed E-state index contributed by atoms with van der Waals surface area (Å²) in [6, 6.07) is 16.6. The SMILES string of the molecule is Cc1ccc(-c2nnc(SCC(=O)N3CCCCCC3)n2-c2ccc(C)cc2)cc1. The third kappa shape index (κ3) is 4.75. The molecule has 4 rings (SSSR count). The molecular weight excluding hydrogens is 392 g/mol. The van der Waals surface area contributed by atoms with Gasteiger partial charge < -0.3 is 4.90 Å². The smallest absolute Gasteiger partial charge is 0.233 e. The normalized spacial score (nSPS) is 14.5. The van der Waals surface area contributed by atoms with Gasteiger partial charge in [-0.1, -0.05) is 72.1 Å². The monoisotopic (exact) mass is 420 g/mol. The van der Waals surface area contributed by atoms with Crippen molar-refractivity contribution < 1.29 is 4.79 Å². The molecule has 0 N–H and O–H groups in total. The summed E-state index contributed by atoms with van der Waals surface area (Å²) in [4.78, 5) is 14.8. The Morgan fingerprint density at radius 1 is 0.867 bits per heavy atom. The number of amides is 1. The first-order valence-corrected chi connectivity index (χ1v) is 11.6. The highest BCUT2D eigenvalue weighted by molar-refractivity contribution is 7.99. The van der Waals surface area contributed by atoms with Crippen LogP contribution in [0.1, 0.15) is 36.8 Å². The molecule has 0 radical (unpaired) electrons. The molecule has 0 aliphatic carbocycles. The molecule has 1 saturated heterocycles. The molecule has 0 spiro atoms. The van der Waals surface area contributed by atoms with Gasteiger partial charge in [-0.3, -0.25) is 9.36 Å². The molecule has 156 valence electrons. The number of nitrogens with zero attached hydrogens (tertiary/aromatic N) is 4. The van der Waals surface area contributed by atoms with Crippen LogP contribution in [0.4, 0.5) is 0 Å². The summed E-state index contributed by atoms with van der Waals surface area (Å²) in [5.74, 6) is 1.37. The van der Waals surface area contributed by atoms with E-state index in [2.05, 4.69) is 77.1 Å². The summed E-state index contributed by atoms with van der Waals surface area (Å²) in [5.41, 5.74) is 4.43. The van der Waals surface area contributed by atoms with E-state index in [0.717, 1.165) is 48.2 Å². The van der Waals surface area contributed by atoms with Crippen molar-refractivity contribution in [2.45, 2.75) is 44.7 Å². The van der Waals surface area contributed by atoms with Crippen molar-refractivity contribution in [1.29, 1.82) is 0 Å². The highest BCUT2D eigenvalue weighted by atomic mass is 32.2. The molecule has 0 unspecified atom stereocenters. The number of carbonyl (C=O) groups is 1. The van der Waals surface area contributed by atoms with Crippen molar-refractivity contribution in [2.24, 2.45) is 0 Å². The lowest BCUT2D eigenvalue weighted by Gasteiger charge is -2.20. The number of likely N-dealkylation sites (tertiary alicyclic amines) is 1. The maximum atomic E-state index is 12.8. The summed E-state index contributed by atoms with van der Waals surface area (Å²) in [6.07, 6.45) is 4.65. The molecule has 0 atom stereocenters. The molecule has 0 saturated carbocycles. The van der Waals surface area contributed by atoms with E-state index in [1.54, 1.807) is 0 Å². The van der Waals surface area contributed by atoms with Crippen molar-refractivity contribution in [1.82, 2.24) is 19.7 Å². The highest BCUT2D eigenvalue weighted by Gasteiger charge is 2.20. The number of thioether (sulfide) groups is 1. The second-order valence-electron chi connectivity index (χ2n) is 7.93. The minimum absolute atomic E-state index is 0.192. The number of aromatic nitrogens is 3. The minimum atomic E-state index is 0.192. The summed E-state index contributed by atoms with van der Waals surface area (Å²) in [5, 5.41) is 9.69. The molecule has 1 fully saturated rings. The van der Waals surface area contributed by atoms with E-state index in [4.69, 9.17) is 0 Å². The van der Waals surface area contributed by atoms with E-state index in [0.29, 0.717) is 5.75 Å². The zero-order chi connectivity index (χ0) is 20.9. The van der Waals surface area contributed by atoms with Crippen molar-refractivity contribution >= 4 is 17.7 Å². The van der Waals surface area contributed by atoms with Crippen LogP contribution in [0.25, 0.3) is 17.1 Å². The molecule has 5 nitrogen and oxygen atoms in total. The lowest BCUT2D eigenvalue weighted by Crippen LogP contribution is -2.33. The van der Waals surface area contributed by atoms with E-state index < -0.39 is 0 Å². The quantitative estimate of drug-likeness (QED) is 0.542. The largest absolute Gasteiger partial charge is 0.342 e. The molecule has 3 aromatic rings. The number of aryl methyl sites for hydroxylation is 2. The van der Waals surface area contributed by atoms with Gasteiger partial charge in [-0.15, -0.1) is 10.2 Å². The molecule has 6 heteroatoms. The Balaban J connectivity index is 1.61. The molecule has 1 amide bonds. The van der Waals surface area contributed by atoms with E-state index in [1.807, 2.05) is 4.90 Å². The van der Waals surface area contributed by atoms with Gasteiger partial charge in [0.1, 0.15) is 0 Å². The van der Waals surface area contributed by atoms with Crippen LogP contribution in [-0.4, -0.2) is 44.4 Å². The van der Waals surface area contributed by atoms with Crippen molar-refractivity contribution in [2.75, 3.05) is 18.8 Å². The van der Waals surface area contributed by atoms with Gasteiger partial charge in [0.2, 0.25) is 5.91 Å². The standard InChI is InChI=1S/C24H28N4OS/c1-18-7-11-20(12-8-18)23-25-26-24(28(23)21-13-9-19(2)10-14-21)30-17-22(29)27-15-5-3-4-6-16-27/h7-14H,3-6,15-17H2,1-2H3. The van der Waals surface area contributed by atoms with Crippen molar-refractivity contribution in [3.05, 3.63) is 59.7 Å². The predicted octanol–water partition coefficient (Wildman–Crippen LogP) is 5.05. The molecule has 1 aromatic heterocycles. The fourth-order valence-corrected chi connectivity index (χ4v) is 4.57. The molecule has 1 aliphatic heterocycles. The summed E-state index contributed by atoms with van der Waals surface area (Å²) in [7, 11) is 0. The van der Waals surface area contributed by atoms with Crippen molar-refractivity contribution in [3.63, 3.8) is 0 Å². The van der Waals surface area contributed by atoms with Gasteiger partial charge in [-0.2, -0.15) is 0 Å². The van der Waals surface area contributed by atoms with Gasteiger partial charge in [-0.05, 0) is 38.8 Å². The number of rotatable bonds is 5. The van der Waals surface area contributed by atoms with Crippen LogP contribution < -0.4 is 0 Å². The van der Waals surface area contributed by atoms with Gasteiger partial charge >= 0.3 is 0 Å². The fraction of sp³-hybridized carbons (Fsp3) is 0.375. The highest BCUT2D eigenvalue weighted by Crippen LogP contribution is 2.28. The maximum absolute atomic E-state index is 12.8. The third-order valence-corrected chi connectivity index (χ3v) is 6.43. The number of benzene rings is 2. The Kier molecular flexibility index (Phi) is 6.53. The minimum Gasteiger partial charge on any atom is -0.342 e. The van der Waals surface area contributed by atoms with Crippen LogP contribution in [-0.2, 0) is 4.79 Å². The van der Waals surface area contributed by atoms with E-state index in [1.165, 1.54) is 35.7 Å². The van der Waals surface area contributed by atoms with Crippen LogP contribution in [0.3, 0.4) is 0 Å². The Labute approximate surface area is 182 Å². The van der Waals surface area contributed by atoms with E-state index in [-0.39, 0.29) is 5.91 Å². The van der Waals surface area contributed by atoms with Crippen LogP contribution in [0.5, 0.6) is 0 Å². The average Bonchev–Trinajstić information content (AvgIpc) is 2.98. The molecule has 0 bridgehead atoms. The molecule has 30 heavy (non-hydrogen) atoms. The van der Waals surface area contributed by atoms with Crippen LogP contribution >= 0.6 is 11.8 Å². The number of hydrogen-bond acceptors (Lipinski definition) is 4. The van der Waals surface area contributed by atoms with Crippen LogP contribution in [0, 0.1) is 13.8 Å². The zero-order valence-electron chi connectivity index (χ0n) is 17.7. The van der Waals surface area contributed by atoms with Gasteiger partial charge in [0.05, 0.1) is 5.75 Å². The molecule has 1 aliphatic rings. The Hall–Kier alpha value is -2.60. The van der Waals surface area contributed by atoms with Gasteiger partial charge in [0.15, 0.2) is 11.0 Å². The Morgan fingerprint density at radius 2 is 1.47 bits per heavy atom. The first-order chi connectivity index (χ1) is 14.6. The predicted molar refractivity (Wildman–Crippen MR) is 122 cm³/mol. The summed E-state index contributed by atoms with van der Waals surface area (Å²) in [6.45, 7) is 5.90. The topological polar surface area (TPSA) is 51.0 Å². The van der Waals surface area contributed by atoms with Crippen LogP contribution in [0.2, 0.25) is 0 Å². The molecule has 2 heterocycles. The van der Waals surface area contributed by atoms with Crippen LogP contribution in [0.15, 0.2) is 53.7 Å². The lowest BCUT2D eigenvalue weighted by molar-refractivity contribution is -0.128. The van der Waals surface area contributed by atoms with E-state index >= 15 is 0 Å². The Morgan fingerprint density at radius 3 is 2.10 bits per heavy atom. The molecule has 2 aromatic carbocycles.